The summed E-state index contributed by atoms with van der Waals surface area (Å²) in [6, 6.07) is 0. The number of carbonyl (C=O) groups is 2. The summed E-state index contributed by atoms with van der Waals surface area (Å²) < 4.78 is 20.8. The van der Waals surface area contributed by atoms with Crippen molar-refractivity contribution in [3.63, 3.8) is 0 Å². The van der Waals surface area contributed by atoms with Gasteiger partial charge in [0, 0.05) is 0 Å². The fourth-order valence-corrected chi connectivity index (χ4v) is 4.98. The highest BCUT2D eigenvalue weighted by atomic mass is 16.7. The fraction of sp³-hybridized carbons (Fsp3) is 0.917. The maximum absolute atomic E-state index is 12.3. The molecule has 0 radical (unpaired) electrons. The quantitative estimate of drug-likeness (QED) is 0.460. The standard InChI is InChI=1S/C24H42O6/c1-23(2,3)19-11-13-20(14-12-19)24(4,5)30-22(26)29-16-18-9-7-17(8-10-18)15-28-21(25)27-6/h17-20H,7-16H2,1-6H3. The van der Waals surface area contributed by atoms with E-state index in [1.165, 1.54) is 20.0 Å². The number of methoxy groups -OCH3 is 1. The van der Waals surface area contributed by atoms with E-state index in [1.807, 2.05) is 13.8 Å². The predicted octanol–water partition coefficient (Wildman–Crippen LogP) is 6.36. The van der Waals surface area contributed by atoms with E-state index in [1.54, 1.807) is 0 Å². The number of hydrogen-bond acceptors (Lipinski definition) is 6. The van der Waals surface area contributed by atoms with Crippen LogP contribution in [0.1, 0.15) is 86.0 Å². The van der Waals surface area contributed by atoms with Gasteiger partial charge in [0.15, 0.2) is 0 Å². The monoisotopic (exact) mass is 426 g/mol. The molecule has 0 amide bonds. The van der Waals surface area contributed by atoms with Crippen molar-refractivity contribution < 1.29 is 28.5 Å². The van der Waals surface area contributed by atoms with E-state index in [-0.39, 0.29) is 0 Å². The van der Waals surface area contributed by atoms with Gasteiger partial charge in [-0.1, -0.05) is 20.8 Å². The van der Waals surface area contributed by atoms with E-state index >= 15 is 0 Å². The van der Waals surface area contributed by atoms with Gasteiger partial charge in [0.05, 0.1) is 20.3 Å². The summed E-state index contributed by atoms with van der Waals surface area (Å²) in [5.74, 6) is 1.82. The normalized spacial score (nSPS) is 27.8. The highest BCUT2D eigenvalue weighted by Crippen LogP contribution is 2.43. The maximum Gasteiger partial charge on any atom is 0.508 e. The van der Waals surface area contributed by atoms with Gasteiger partial charge in [0.25, 0.3) is 0 Å². The Kier molecular flexibility index (Phi) is 8.86. The van der Waals surface area contributed by atoms with E-state index in [0.717, 1.165) is 44.4 Å². The number of carbonyl (C=O) groups excluding carboxylic acids is 2. The number of rotatable bonds is 6. The molecular weight excluding hydrogens is 384 g/mol. The molecule has 0 aliphatic heterocycles. The van der Waals surface area contributed by atoms with E-state index in [2.05, 4.69) is 25.5 Å². The SMILES string of the molecule is COC(=O)OCC1CCC(COC(=O)OC(C)(C)C2CCC(C(C)(C)C)CC2)CC1. The Hall–Kier alpha value is -1.46. The number of ether oxygens (including phenoxy) is 4. The van der Waals surface area contributed by atoms with Crippen LogP contribution >= 0.6 is 0 Å². The lowest BCUT2D eigenvalue weighted by atomic mass is 9.67. The van der Waals surface area contributed by atoms with E-state index < -0.39 is 17.9 Å². The van der Waals surface area contributed by atoms with E-state index in [0.29, 0.717) is 36.4 Å². The molecule has 0 saturated heterocycles. The van der Waals surface area contributed by atoms with Crippen molar-refractivity contribution in [3.8, 4) is 0 Å². The van der Waals surface area contributed by atoms with Crippen LogP contribution in [0, 0.1) is 29.1 Å². The van der Waals surface area contributed by atoms with Crippen molar-refractivity contribution in [3.05, 3.63) is 0 Å². The first-order chi connectivity index (χ1) is 14.0. The third-order valence-corrected chi connectivity index (χ3v) is 7.29. The van der Waals surface area contributed by atoms with Gasteiger partial charge in [-0.05, 0) is 94.3 Å². The summed E-state index contributed by atoms with van der Waals surface area (Å²) in [5.41, 5.74) is -0.151. The summed E-state index contributed by atoms with van der Waals surface area (Å²) in [4.78, 5) is 23.4. The Morgan fingerprint density at radius 3 is 1.57 bits per heavy atom. The van der Waals surface area contributed by atoms with Crippen LogP contribution < -0.4 is 0 Å². The molecular formula is C24H42O6. The molecule has 0 aromatic carbocycles. The second-order valence-electron chi connectivity index (χ2n) is 10.8. The van der Waals surface area contributed by atoms with Crippen LogP contribution in [-0.4, -0.2) is 38.2 Å². The minimum absolute atomic E-state index is 0.345. The van der Waals surface area contributed by atoms with Crippen LogP contribution in [0.2, 0.25) is 0 Å². The summed E-state index contributed by atoms with van der Waals surface area (Å²) in [5, 5.41) is 0. The van der Waals surface area contributed by atoms with Crippen LogP contribution in [0.4, 0.5) is 9.59 Å². The molecule has 6 heteroatoms. The minimum atomic E-state index is -0.627. The molecule has 6 nitrogen and oxygen atoms in total. The van der Waals surface area contributed by atoms with Gasteiger partial charge >= 0.3 is 12.3 Å². The summed E-state index contributed by atoms with van der Waals surface area (Å²) in [6.07, 6.45) is 7.25. The van der Waals surface area contributed by atoms with Crippen molar-refractivity contribution in [2.45, 2.75) is 91.6 Å². The second-order valence-corrected chi connectivity index (χ2v) is 10.8. The molecule has 0 spiro atoms. The molecule has 30 heavy (non-hydrogen) atoms. The average Bonchev–Trinajstić information content (AvgIpc) is 2.70. The first-order valence-electron chi connectivity index (χ1n) is 11.6. The lowest BCUT2D eigenvalue weighted by molar-refractivity contribution is -0.0664. The fourth-order valence-electron chi connectivity index (χ4n) is 4.98. The summed E-state index contributed by atoms with van der Waals surface area (Å²) in [7, 11) is 1.31. The van der Waals surface area contributed by atoms with Crippen molar-refractivity contribution in [1.29, 1.82) is 0 Å². The molecule has 2 aliphatic carbocycles. The van der Waals surface area contributed by atoms with Crippen LogP contribution in [-0.2, 0) is 18.9 Å². The molecule has 0 unspecified atom stereocenters. The molecule has 174 valence electrons. The third kappa shape index (κ3) is 7.66. The highest BCUT2D eigenvalue weighted by molar-refractivity contribution is 5.60. The van der Waals surface area contributed by atoms with E-state index in [4.69, 9.17) is 14.2 Å². The summed E-state index contributed by atoms with van der Waals surface area (Å²) >= 11 is 0. The van der Waals surface area contributed by atoms with Gasteiger partial charge in [-0.2, -0.15) is 0 Å². The lowest BCUT2D eigenvalue weighted by Gasteiger charge is -2.42. The van der Waals surface area contributed by atoms with Gasteiger partial charge in [-0.3, -0.25) is 0 Å². The zero-order valence-electron chi connectivity index (χ0n) is 19.8. The summed E-state index contributed by atoms with van der Waals surface area (Å²) in [6.45, 7) is 11.8. The van der Waals surface area contributed by atoms with Crippen LogP contribution in [0.15, 0.2) is 0 Å². The molecule has 0 heterocycles. The van der Waals surface area contributed by atoms with Crippen LogP contribution in [0.5, 0.6) is 0 Å². The molecule has 0 N–H and O–H groups in total. The molecule has 0 aromatic heterocycles. The van der Waals surface area contributed by atoms with Crippen molar-refractivity contribution >= 4 is 12.3 Å². The zero-order valence-corrected chi connectivity index (χ0v) is 19.8. The first-order valence-corrected chi connectivity index (χ1v) is 11.6. The topological polar surface area (TPSA) is 71.1 Å². The molecule has 2 fully saturated rings. The second kappa shape index (κ2) is 10.7. The lowest BCUT2D eigenvalue weighted by Crippen LogP contribution is -2.40. The van der Waals surface area contributed by atoms with Gasteiger partial charge in [0.1, 0.15) is 5.60 Å². The van der Waals surface area contributed by atoms with Crippen LogP contribution in [0.25, 0.3) is 0 Å². The Morgan fingerprint density at radius 1 is 0.700 bits per heavy atom. The Labute approximate surface area is 182 Å². The molecule has 2 rings (SSSR count). The maximum atomic E-state index is 12.3. The molecule has 2 saturated carbocycles. The Balaban J connectivity index is 1.66. The van der Waals surface area contributed by atoms with Crippen molar-refractivity contribution in [1.82, 2.24) is 0 Å². The third-order valence-electron chi connectivity index (χ3n) is 7.29. The smallest absolute Gasteiger partial charge is 0.438 e. The Morgan fingerprint density at radius 2 is 1.13 bits per heavy atom. The number of hydrogen-bond donors (Lipinski definition) is 0. The van der Waals surface area contributed by atoms with Crippen molar-refractivity contribution in [2.75, 3.05) is 20.3 Å². The Bertz CT molecular complexity index is 549. The minimum Gasteiger partial charge on any atom is -0.438 e. The molecule has 0 atom stereocenters. The molecule has 0 bridgehead atoms. The predicted molar refractivity (Wildman–Crippen MR) is 115 cm³/mol. The van der Waals surface area contributed by atoms with Gasteiger partial charge in [-0.25, -0.2) is 9.59 Å². The molecule has 2 aliphatic rings. The zero-order chi connectivity index (χ0) is 22.4. The van der Waals surface area contributed by atoms with Gasteiger partial charge in [-0.15, -0.1) is 0 Å². The van der Waals surface area contributed by atoms with E-state index in [9.17, 15) is 9.59 Å². The largest absolute Gasteiger partial charge is 0.508 e. The highest BCUT2D eigenvalue weighted by Gasteiger charge is 2.39. The first kappa shape index (κ1) is 24.8. The molecule has 0 aromatic rings. The van der Waals surface area contributed by atoms with Crippen LogP contribution in [0.3, 0.4) is 0 Å². The average molecular weight is 427 g/mol. The van der Waals surface area contributed by atoms with Crippen molar-refractivity contribution in [2.24, 2.45) is 29.1 Å². The van der Waals surface area contributed by atoms with Gasteiger partial charge in [0.2, 0.25) is 0 Å². The van der Waals surface area contributed by atoms with Gasteiger partial charge < -0.3 is 18.9 Å².